The highest BCUT2D eigenvalue weighted by Gasteiger charge is 2.27. The number of aliphatic hydroxyl groups excluding tert-OH is 2. The van der Waals surface area contributed by atoms with E-state index in [0.717, 1.165) is 11.8 Å². The fourth-order valence-corrected chi connectivity index (χ4v) is 2.65. The van der Waals surface area contributed by atoms with E-state index in [1.54, 1.807) is 20.8 Å². The van der Waals surface area contributed by atoms with Crippen LogP contribution in [0.2, 0.25) is 0 Å². The predicted molar refractivity (Wildman–Crippen MR) is 80.3 cm³/mol. The van der Waals surface area contributed by atoms with E-state index in [4.69, 9.17) is 4.74 Å². The number of hydrogen-bond donors (Lipinski definition) is 3. The van der Waals surface area contributed by atoms with E-state index in [9.17, 15) is 19.8 Å². The molecular weight excluding hydrogens is 294 g/mol. The lowest BCUT2D eigenvalue weighted by atomic mass is 10.1. The number of ether oxygens (including phenoxy) is 1. The Morgan fingerprint density at radius 2 is 1.95 bits per heavy atom. The van der Waals surface area contributed by atoms with E-state index >= 15 is 0 Å². The minimum atomic E-state index is -1.20. The Morgan fingerprint density at radius 3 is 2.48 bits per heavy atom. The highest BCUT2D eigenvalue weighted by Crippen LogP contribution is 2.27. The third-order valence-corrected chi connectivity index (χ3v) is 3.99. The maximum atomic E-state index is 11.9. The summed E-state index contributed by atoms with van der Waals surface area (Å²) in [6, 6.07) is 0. The van der Waals surface area contributed by atoms with Gasteiger partial charge >= 0.3 is 5.97 Å². The van der Waals surface area contributed by atoms with E-state index in [-0.39, 0.29) is 17.5 Å². The number of esters is 1. The largest absolute Gasteiger partial charge is 0.462 e. The summed E-state index contributed by atoms with van der Waals surface area (Å²) < 4.78 is 4.97. The van der Waals surface area contributed by atoms with Crippen molar-refractivity contribution in [2.24, 2.45) is 0 Å². The molecule has 0 aliphatic rings. The molecule has 0 aliphatic heterocycles. The molecule has 1 heterocycles. The molecule has 0 saturated carbocycles. The van der Waals surface area contributed by atoms with E-state index in [2.05, 4.69) is 4.98 Å². The van der Waals surface area contributed by atoms with Crippen molar-refractivity contribution in [1.29, 1.82) is 0 Å². The minimum absolute atomic E-state index is 0.0861. The van der Waals surface area contributed by atoms with Crippen molar-refractivity contribution in [3.63, 3.8) is 0 Å². The van der Waals surface area contributed by atoms with Gasteiger partial charge in [-0.1, -0.05) is 11.8 Å². The Morgan fingerprint density at radius 1 is 1.33 bits per heavy atom. The molecule has 0 amide bonds. The first kappa shape index (κ1) is 17.7. The Hall–Kier alpha value is -1.31. The molecule has 1 aromatic rings. The molecule has 3 N–H and O–H groups in total. The fourth-order valence-electron chi connectivity index (χ4n) is 2.07. The topological polar surface area (TPSA) is 99.6 Å². The van der Waals surface area contributed by atoms with Crippen molar-refractivity contribution >= 4 is 22.8 Å². The monoisotopic (exact) mass is 315 g/mol. The number of hydrogen-bond acceptors (Lipinski definition) is 6. The molecule has 0 radical (unpaired) electrons. The summed E-state index contributed by atoms with van der Waals surface area (Å²) >= 11 is 0.939. The first-order valence-corrected chi connectivity index (χ1v) is 7.63. The lowest BCUT2D eigenvalue weighted by Gasteiger charge is -2.17. The summed E-state index contributed by atoms with van der Waals surface area (Å²) in [5.74, 6) is -0.377. The maximum absolute atomic E-state index is 11.9. The second-order valence-corrected chi connectivity index (χ2v) is 5.90. The van der Waals surface area contributed by atoms with Crippen LogP contribution in [-0.2, 0) is 9.53 Å². The molecular formula is C14H21NO5S. The van der Waals surface area contributed by atoms with Crippen LogP contribution < -0.4 is 0 Å². The molecule has 2 unspecified atom stereocenters. The molecule has 0 bridgehead atoms. The van der Waals surface area contributed by atoms with Gasteiger partial charge in [-0.3, -0.25) is 4.79 Å². The zero-order valence-electron chi connectivity index (χ0n) is 12.6. The molecule has 0 aliphatic carbocycles. The zero-order chi connectivity index (χ0) is 16.2. The summed E-state index contributed by atoms with van der Waals surface area (Å²) in [6.45, 7) is 6.75. The van der Waals surface area contributed by atoms with Crippen LogP contribution in [0.4, 0.5) is 0 Å². The summed E-state index contributed by atoms with van der Waals surface area (Å²) in [7, 11) is 0. The molecule has 0 saturated heterocycles. The molecule has 21 heavy (non-hydrogen) atoms. The SMILES string of the molecule is CCOC(=O)c1c(C)[nH]c(C(O)C(O)CSC(C)=O)c1C. The van der Waals surface area contributed by atoms with Crippen molar-refractivity contribution in [1.82, 2.24) is 4.98 Å². The molecule has 6 nitrogen and oxygen atoms in total. The molecule has 1 rings (SSSR count). The van der Waals surface area contributed by atoms with Crippen molar-refractivity contribution in [2.45, 2.75) is 39.9 Å². The van der Waals surface area contributed by atoms with Crippen LogP contribution in [-0.4, -0.2) is 44.7 Å². The van der Waals surface area contributed by atoms with Gasteiger partial charge in [0.1, 0.15) is 6.10 Å². The van der Waals surface area contributed by atoms with Crippen LogP contribution in [0.3, 0.4) is 0 Å². The number of rotatable bonds is 6. The first-order chi connectivity index (χ1) is 9.79. The number of nitrogens with one attached hydrogen (secondary N) is 1. The van der Waals surface area contributed by atoms with Gasteiger partial charge < -0.3 is 19.9 Å². The lowest BCUT2D eigenvalue weighted by Crippen LogP contribution is -2.22. The summed E-state index contributed by atoms with van der Waals surface area (Å²) in [5.41, 5.74) is 1.86. The Kier molecular flexibility index (Phi) is 6.44. The summed E-state index contributed by atoms with van der Waals surface area (Å²) in [5, 5.41) is 20.0. The number of carbonyl (C=O) groups is 2. The lowest BCUT2D eigenvalue weighted by molar-refractivity contribution is -0.109. The van der Waals surface area contributed by atoms with Gasteiger partial charge in [-0.25, -0.2) is 4.79 Å². The Labute approximate surface area is 127 Å². The first-order valence-electron chi connectivity index (χ1n) is 6.65. The van der Waals surface area contributed by atoms with E-state index < -0.39 is 18.2 Å². The highest BCUT2D eigenvalue weighted by molar-refractivity contribution is 8.13. The minimum Gasteiger partial charge on any atom is -0.462 e. The van der Waals surface area contributed by atoms with Gasteiger partial charge in [0.25, 0.3) is 0 Å². The molecule has 0 fully saturated rings. The van der Waals surface area contributed by atoms with Crippen LogP contribution in [0.5, 0.6) is 0 Å². The molecule has 0 aromatic carbocycles. The fraction of sp³-hybridized carbons (Fsp3) is 0.571. The number of aryl methyl sites for hydroxylation is 1. The third kappa shape index (κ3) is 4.33. The second kappa shape index (κ2) is 7.63. The van der Waals surface area contributed by atoms with E-state index in [1.807, 2.05) is 0 Å². The molecule has 7 heteroatoms. The predicted octanol–water partition coefficient (Wildman–Crippen LogP) is 1.48. The number of aromatic amines is 1. The number of carbonyl (C=O) groups excluding carboxylic acids is 2. The van der Waals surface area contributed by atoms with Crippen LogP contribution >= 0.6 is 11.8 Å². The van der Waals surface area contributed by atoms with Gasteiger partial charge in [-0.2, -0.15) is 0 Å². The summed E-state index contributed by atoms with van der Waals surface area (Å²) in [4.78, 5) is 25.7. The average molecular weight is 315 g/mol. The molecule has 0 spiro atoms. The normalized spacial score (nSPS) is 13.8. The zero-order valence-corrected chi connectivity index (χ0v) is 13.4. The van der Waals surface area contributed by atoms with Crippen molar-refractivity contribution < 1.29 is 24.5 Å². The third-order valence-electron chi connectivity index (χ3n) is 3.07. The van der Waals surface area contributed by atoms with Crippen molar-refractivity contribution in [3.05, 3.63) is 22.5 Å². The number of H-pyrrole nitrogens is 1. The smallest absolute Gasteiger partial charge is 0.340 e. The summed E-state index contributed by atoms with van der Waals surface area (Å²) in [6.07, 6.45) is -2.30. The number of aromatic nitrogens is 1. The highest BCUT2D eigenvalue weighted by atomic mass is 32.2. The Bertz CT molecular complexity index is 526. The van der Waals surface area contributed by atoms with Gasteiger partial charge in [-0.05, 0) is 26.3 Å². The van der Waals surface area contributed by atoms with Crippen LogP contribution in [0, 0.1) is 13.8 Å². The van der Waals surface area contributed by atoms with Crippen LogP contribution in [0.1, 0.15) is 47.3 Å². The van der Waals surface area contributed by atoms with E-state index in [0.29, 0.717) is 22.5 Å². The van der Waals surface area contributed by atoms with E-state index in [1.165, 1.54) is 6.92 Å². The van der Waals surface area contributed by atoms with Gasteiger partial charge in [0.15, 0.2) is 5.12 Å². The second-order valence-electron chi connectivity index (χ2n) is 4.70. The van der Waals surface area contributed by atoms with Crippen molar-refractivity contribution in [2.75, 3.05) is 12.4 Å². The van der Waals surface area contributed by atoms with Crippen molar-refractivity contribution in [3.8, 4) is 0 Å². The number of aliphatic hydroxyl groups is 2. The van der Waals surface area contributed by atoms with Gasteiger partial charge in [-0.15, -0.1) is 0 Å². The molecule has 2 atom stereocenters. The Balaban J connectivity index is 2.95. The van der Waals surface area contributed by atoms with Gasteiger partial charge in [0.2, 0.25) is 0 Å². The standard InChI is InChI=1S/C14H21NO5S/c1-5-20-14(19)11-7(2)12(15-8(11)3)13(18)10(17)6-21-9(4)16/h10,13,15,17-18H,5-6H2,1-4H3. The molecule has 118 valence electrons. The van der Waals surface area contributed by atoms with Gasteiger partial charge in [0, 0.05) is 18.4 Å². The van der Waals surface area contributed by atoms with Gasteiger partial charge in [0.05, 0.1) is 24.0 Å². The van der Waals surface area contributed by atoms with Crippen LogP contribution in [0.15, 0.2) is 0 Å². The maximum Gasteiger partial charge on any atom is 0.340 e. The molecule has 1 aromatic heterocycles. The van der Waals surface area contributed by atoms with Crippen LogP contribution in [0.25, 0.3) is 0 Å². The average Bonchev–Trinajstić information content (AvgIpc) is 2.70. The number of thioether (sulfide) groups is 1. The quantitative estimate of drug-likeness (QED) is 0.688.